The summed E-state index contributed by atoms with van der Waals surface area (Å²) in [6.07, 6.45) is 1.70. The first kappa shape index (κ1) is 7.95. The highest BCUT2D eigenvalue weighted by Gasteiger charge is 1.87. The molecule has 56 valence electrons. The van der Waals surface area contributed by atoms with Crippen molar-refractivity contribution in [1.82, 2.24) is 10.2 Å². The third-order valence-corrected chi connectivity index (χ3v) is 1.42. The minimum Gasteiger partial charge on any atom is -0.159 e. The summed E-state index contributed by atoms with van der Waals surface area (Å²) in [5.41, 5.74) is 0.949. The van der Waals surface area contributed by atoms with E-state index < -0.39 is 0 Å². The lowest BCUT2D eigenvalue weighted by Gasteiger charge is -1.90. The van der Waals surface area contributed by atoms with Crippen LogP contribution in [0.5, 0.6) is 0 Å². The molecule has 0 aliphatic carbocycles. The van der Waals surface area contributed by atoms with Crippen molar-refractivity contribution >= 4 is 23.3 Å². The van der Waals surface area contributed by atoms with E-state index in [9.17, 15) is 0 Å². The molecule has 0 N–H and O–H groups in total. The highest BCUT2D eigenvalue weighted by atomic mass is 35.5. The van der Waals surface area contributed by atoms with Gasteiger partial charge in [-0.05, 0) is 12.1 Å². The second-order valence-electron chi connectivity index (χ2n) is 2.09. The summed E-state index contributed by atoms with van der Waals surface area (Å²) < 4.78 is 0. The number of halogens is 1. The van der Waals surface area contributed by atoms with Crippen LogP contribution in [-0.2, 0) is 0 Å². The first-order valence-corrected chi connectivity index (χ1v) is 3.13. The molecule has 1 heterocycles. The largest absolute Gasteiger partial charge is 0.159 e. The van der Waals surface area contributed by atoms with Gasteiger partial charge in [0.05, 0.1) is 11.7 Å². The average Bonchev–Trinajstić information content (AvgIpc) is 2.05. The van der Waals surface area contributed by atoms with Crippen LogP contribution in [0.3, 0.4) is 0 Å². The second kappa shape index (κ2) is 3.30. The van der Waals surface area contributed by atoms with Gasteiger partial charge in [0.1, 0.15) is 0 Å². The molecule has 3 heteroatoms. The Morgan fingerprint density at radius 1 is 1.00 bits per heavy atom. The number of rotatable bonds is 0. The Bertz CT molecular complexity index is 283. The molecule has 0 radical (unpaired) electrons. The van der Waals surface area contributed by atoms with E-state index in [1.165, 1.54) is 0 Å². The fraction of sp³-hybridized carbons (Fsp3) is 0. The number of benzene rings is 1. The predicted molar refractivity (Wildman–Crippen MR) is 46.8 cm³/mol. The van der Waals surface area contributed by atoms with Crippen LogP contribution in [0.25, 0.3) is 10.9 Å². The zero-order valence-corrected chi connectivity index (χ0v) is 6.58. The zero-order valence-electron chi connectivity index (χ0n) is 5.77. The molecule has 11 heavy (non-hydrogen) atoms. The van der Waals surface area contributed by atoms with Gasteiger partial charge in [-0.3, -0.25) is 0 Å². The molecule has 1 aromatic carbocycles. The Morgan fingerprint density at radius 2 is 1.82 bits per heavy atom. The van der Waals surface area contributed by atoms with Gasteiger partial charge >= 0.3 is 0 Å². The fourth-order valence-electron chi connectivity index (χ4n) is 0.929. The van der Waals surface area contributed by atoms with Gasteiger partial charge in [-0.25, -0.2) is 0 Å². The Hall–Kier alpha value is -1.15. The first-order valence-electron chi connectivity index (χ1n) is 3.13. The topological polar surface area (TPSA) is 25.8 Å². The minimum atomic E-state index is 0. The van der Waals surface area contributed by atoms with Crippen molar-refractivity contribution < 1.29 is 0 Å². The van der Waals surface area contributed by atoms with Crippen LogP contribution < -0.4 is 0 Å². The molecule has 2 aromatic rings. The standard InChI is InChI=1S/C8H6N2.ClH/c1-2-4-8-7(3-1)5-6-9-10-8;/h1-6H;1H. The van der Waals surface area contributed by atoms with E-state index in [2.05, 4.69) is 10.2 Å². The van der Waals surface area contributed by atoms with Crippen LogP contribution in [0.1, 0.15) is 0 Å². The molecule has 0 saturated carbocycles. The first-order chi connectivity index (χ1) is 4.97. The molecule has 0 aliphatic heterocycles. The molecule has 2 rings (SSSR count). The lowest BCUT2D eigenvalue weighted by molar-refractivity contribution is 1.08. The molecule has 0 unspecified atom stereocenters. The van der Waals surface area contributed by atoms with E-state index in [4.69, 9.17) is 0 Å². The summed E-state index contributed by atoms with van der Waals surface area (Å²) in [5.74, 6) is 0. The number of hydrogen-bond acceptors (Lipinski definition) is 2. The van der Waals surface area contributed by atoms with Gasteiger partial charge in [-0.2, -0.15) is 10.2 Å². The third-order valence-electron chi connectivity index (χ3n) is 1.42. The van der Waals surface area contributed by atoms with Gasteiger partial charge < -0.3 is 0 Å². The molecule has 0 atom stereocenters. The predicted octanol–water partition coefficient (Wildman–Crippen LogP) is 2.05. The van der Waals surface area contributed by atoms with Crippen molar-refractivity contribution in [3.05, 3.63) is 36.5 Å². The zero-order chi connectivity index (χ0) is 6.81. The number of hydrogen-bond donors (Lipinski definition) is 0. The molecule has 0 aliphatic rings. The van der Waals surface area contributed by atoms with Crippen molar-refractivity contribution in [2.75, 3.05) is 0 Å². The smallest absolute Gasteiger partial charge is 0.0929 e. The van der Waals surface area contributed by atoms with Gasteiger partial charge in [0.2, 0.25) is 0 Å². The summed E-state index contributed by atoms with van der Waals surface area (Å²) in [6, 6.07) is 9.86. The van der Waals surface area contributed by atoms with Crippen molar-refractivity contribution in [3.8, 4) is 0 Å². The van der Waals surface area contributed by atoms with E-state index in [-0.39, 0.29) is 12.4 Å². The van der Waals surface area contributed by atoms with Gasteiger partial charge in [0.25, 0.3) is 0 Å². The molecular formula is C8H7ClN2. The Kier molecular flexibility index (Phi) is 2.39. The van der Waals surface area contributed by atoms with Gasteiger partial charge in [-0.15, -0.1) is 12.4 Å². The van der Waals surface area contributed by atoms with Crippen LogP contribution in [0.15, 0.2) is 36.5 Å². The molecule has 1 aromatic heterocycles. The lowest BCUT2D eigenvalue weighted by Crippen LogP contribution is -1.79. The number of aromatic nitrogens is 2. The monoisotopic (exact) mass is 166 g/mol. The van der Waals surface area contributed by atoms with Crippen LogP contribution in [0.2, 0.25) is 0 Å². The summed E-state index contributed by atoms with van der Waals surface area (Å²) in [7, 11) is 0. The van der Waals surface area contributed by atoms with Gasteiger partial charge in [0.15, 0.2) is 0 Å². The average molecular weight is 167 g/mol. The van der Waals surface area contributed by atoms with Crippen LogP contribution >= 0.6 is 12.4 Å². The molecule has 0 spiro atoms. The van der Waals surface area contributed by atoms with Crippen LogP contribution in [-0.4, -0.2) is 10.2 Å². The number of nitrogens with zero attached hydrogens (tertiary/aromatic N) is 2. The van der Waals surface area contributed by atoms with Gasteiger partial charge in [0, 0.05) is 5.39 Å². The second-order valence-corrected chi connectivity index (χ2v) is 2.09. The summed E-state index contributed by atoms with van der Waals surface area (Å²) in [5, 5.41) is 8.83. The van der Waals surface area contributed by atoms with E-state index in [1.807, 2.05) is 30.3 Å². The quantitative estimate of drug-likeness (QED) is 0.599. The number of fused-ring (bicyclic) bond motifs is 1. The fourth-order valence-corrected chi connectivity index (χ4v) is 0.929. The molecular weight excluding hydrogens is 160 g/mol. The highest BCUT2D eigenvalue weighted by Crippen LogP contribution is 2.06. The van der Waals surface area contributed by atoms with E-state index in [1.54, 1.807) is 6.20 Å². The van der Waals surface area contributed by atoms with Crippen LogP contribution in [0, 0.1) is 0 Å². The minimum absolute atomic E-state index is 0. The third kappa shape index (κ3) is 1.46. The molecule has 0 bridgehead atoms. The summed E-state index contributed by atoms with van der Waals surface area (Å²) in [4.78, 5) is 0. The van der Waals surface area contributed by atoms with Crippen LogP contribution in [0.4, 0.5) is 0 Å². The highest BCUT2D eigenvalue weighted by molar-refractivity contribution is 5.85. The Labute approximate surface area is 70.7 Å². The summed E-state index contributed by atoms with van der Waals surface area (Å²) >= 11 is 0. The van der Waals surface area contributed by atoms with E-state index in [0.717, 1.165) is 10.9 Å². The van der Waals surface area contributed by atoms with Crippen molar-refractivity contribution in [2.45, 2.75) is 0 Å². The maximum Gasteiger partial charge on any atom is 0.0929 e. The normalized spacial score (nSPS) is 9.09. The Balaban J connectivity index is 0.000000605. The maximum atomic E-state index is 3.93. The van der Waals surface area contributed by atoms with E-state index >= 15 is 0 Å². The SMILES string of the molecule is Cl.c1ccc2nnccc2c1. The molecule has 0 amide bonds. The summed E-state index contributed by atoms with van der Waals surface area (Å²) in [6.45, 7) is 0. The maximum absolute atomic E-state index is 3.93. The molecule has 0 fully saturated rings. The van der Waals surface area contributed by atoms with E-state index in [0.29, 0.717) is 0 Å². The lowest BCUT2D eigenvalue weighted by atomic mass is 10.2. The Morgan fingerprint density at radius 3 is 2.64 bits per heavy atom. The molecule has 2 nitrogen and oxygen atoms in total. The van der Waals surface area contributed by atoms with Crippen molar-refractivity contribution in [3.63, 3.8) is 0 Å². The van der Waals surface area contributed by atoms with Crippen molar-refractivity contribution in [1.29, 1.82) is 0 Å². The van der Waals surface area contributed by atoms with Crippen molar-refractivity contribution in [2.24, 2.45) is 0 Å². The van der Waals surface area contributed by atoms with Gasteiger partial charge in [-0.1, -0.05) is 18.2 Å². The molecule has 0 saturated heterocycles.